The second-order valence-corrected chi connectivity index (χ2v) is 9.74. The molecule has 0 spiro atoms. The largest absolute Gasteiger partial charge is 0.457 e. The number of carbonyl (C=O) groups excluding carboxylic acids is 1. The molecule has 3 aromatic heterocycles. The molecule has 0 atom stereocenters. The smallest absolute Gasteiger partial charge is 0.309 e. The number of pyridine rings is 1. The molecule has 0 amide bonds. The zero-order chi connectivity index (χ0) is 22.8. The maximum atomic E-state index is 12.7. The lowest BCUT2D eigenvalue weighted by atomic mass is 9.97. The number of nitrogen functional groups attached to an aromatic ring is 1. The second kappa shape index (κ2) is 9.32. The van der Waals surface area contributed by atoms with Gasteiger partial charge in [-0.15, -0.1) is 11.3 Å². The number of carbonyl (C=O) groups is 1. The minimum Gasteiger partial charge on any atom is -0.457 e. The Labute approximate surface area is 196 Å². The van der Waals surface area contributed by atoms with E-state index in [0.717, 1.165) is 42.0 Å². The molecule has 0 bridgehead atoms. The lowest BCUT2D eigenvalue weighted by Crippen LogP contribution is -2.37. The number of nitriles is 1. The van der Waals surface area contributed by atoms with E-state index in [9.17, 15) is 4.79 Å². The van der Waals surface area contributed by atoms with Crippen molar-refractivity contribution < 1.29 is 9.53 Å². The van der Waals surface area contributed by atoms with Crippen LogP contribution in [0.1, 0.15) is 53.9 Å². The molecule has 1 aliphatic carbocycles. The molecule has 9 heteroatoms. The maximum Gasteiger partial charge on any atom is 0.309 e. The van der Waals surface area contributed by atoms with Crippen molar-refractivity contribution >= 4 is 39.2 Å². The van der Waals surface area contributed by atoms with Crippen LogP contribution in [0.15, 0.2) is 18.3 Å². The fourth-order valence-corrected chi connectivity index (χ4v) is 6.00. The first-order chi connectivity index (χ1) is 16.1. The van der Waals surface area contributed by atoms with Crippen molar-refractivity contribution in [1.29, 1.82) is 5.26 Å². The summed E-state index contributed by atoms with van der Waals surface area (Å²) >= 11 is 1.70. The predicted molar refractivity (Wildman–Crippen MR) is 127 cm³/mol. The van der Waals surface area contributed by atoms with E-state index in [2.05, 4.69) is 25.9 Å². The normalized spacial score (nSPS) is 16.8. The minimum absolute atomic E-state index is 0.0406. The highest BCUT2D eigenvalue weighted by Crippen LogP contribution is 2.37. The van der Waals surface area contributed by atoms with Crippen LogP contribution in [0.25, 0.3) is 10.2 Å². The number of thiophene rings is 1. The summed E-state index contributed by atoms with van der Waals surface area (Å²) in [5, 5.41) is 9.91. The third-order valence-electron chi connectivity index (χ3n) is 6.51. The Morgan fingerprint density at radius 2 is 2.03 bits per heavy atom. The van der Waals surface area contributed by atoms with Gasteiger partial charge in [-0.1, -0.05) is 6.42 Å². The highest BCUT2D eigenvalue weighted by molar-refractivity contribution is 7.19. The van der Waals surface area contributed by atoms with Crippen LogP contribution in [-0.4, -0.2) is 34.0 Å². The third-order valence-corrected chi connectivity index (χ3v) is 7.70. The molecule has 4 heterocycles. The Hall–Kier alpha value is -3.25. The van der Waals surface area contributed by atoms with Crippen molar-refractivity contribution in [3.8, 4) is 6.07 Å². The first kappa shape index (κ1) is 21.6. The van der Waals surface area contributed by atoms with Gasteiger partial charge in [-0.2, -0.15) is 5.26 Å². The van der Waals surface area contributed by atoms with Crippen molar-refractivity contribution in [3.63, 3.8) is 0 Å². The number of hydrogen-bond donors (Lipinski definition) is 1. The highest BCUT2D eigenvalue weighted by Gasteiger charge is 2.27. The van der Waals surface area contributed by atoms with Crippen LogP contribution in [0, 0.1) is 17.2 Å². The average molecular weight is 463 g/mol. The lowest BCUT2D eigenvalue weighted by Gasteiger charge is -2.31. The molecule has 170 valence electrons. The number of aryl methyl sites for hydroxylation is 2. The van der Waals surface area contributed by atoms with Gasteiger partial charge in [0.2, 0.25) is 0 Å². The Kier molecular flexibility index (Phi) is 6.09. The summed E-state index contributed by atoms with van der Waals surface area (Å²) in [5.74, 6) is 1.41. The predicted octanol–water partition coefficient (Wildman–Crippen LogP) is 3.77. The summed E-state index contributed by atoms with van der Waals surface area (Å²) in [6.07, 6.45) is 8.71. The first-order valence-electron chi connectivity index (χ1n) is 11.5. The average Bonchev–Trinajstić information content (AvgIpc) is 3.04. The third kappa shape index (κ3) is 4.48. The van der Waals surface area contributed by atoms with E-state index >= 15 is 0 Å². The van der Waals surface area contributed by atoms with E-state index < -0.39 is 0 Å². The Bertz CT molecular complexity index is 1210. The standard InChI is InChI=1S/C24H26N6O2S/c25-12-15-6-7-20(27-13-15)30-10-8-16(9-11-30)24(31)32-14-19-28-22(26)21-17-4-2-1-3-5-18(17)33-23(21)29-19/h6-7,13,16H,1-5,8-11,14H2,(H2,26,28,29). The van der Waals surface area contributed by atoms with E-state index in [-0.39, 0.29) is 18.5 Å². The van der Waals surface area contributed by atoms with Crippen molar-refractivity contribution in [3.05, 3.63) is 40.2 Å². The molecule has 1 fully saturated rings. The molecule has 2 aliphatic rings. The summed E-state index contributed by atoms with van der Waals surface area (Å²) in [6.45, 7) is 1.47. The van der Waals surface area contributed by atoms with E-state index in [4.69, 9.17) is 15.7 Å². The van der Waals surface area contributed by atoms with Crippen molar-refractivity contribution in [2.75, 3.05) is 23.7 Å². The van der Waals surface area contributed by atoms with Gasteiger partial charge in [-0.05, 0) is 56.2 Å². The van der Waals surface area contributed by atoms with Crippen LogP contribution in [0.4, 0.5) is 11.6 Å². The van der Waals surface area contributed by atoms with Gasteiger partial charge < -0.3 is 15.4 Å². The quantitative estimate of drug-likeness (QED) is 0.460. The summed E-state index contributed by atoms with van der Waals surface area (Å²) in [4.78, 5) is 30.5. The molecule has 8 nitrogen and oxygen atoms in total. The van der Waals surface area contributed by atoms with Gasteiger partial charge in [0.25, 0.3) is 0 Å². The van der Waals surface area contributed by atoms with Crippen LogP contribution in [0.5, 0.6) is 0 Å². The number of piperidine rings is 1. The van der Waals surface area contributed by atoms with Gasteiger partial charge in [0.05, 0.1) is 16.9 Å². The second-order valence-electron chi connectivity index (χ2n) is 8.66. The fraction of sp³-hybridized carbons (Fsp3) is 0.458. The summed E-state index contributed by atoms with van der Waals surface area (Å²) < 4.78 is 5.58. The van der Waals surface area contributed by atoms with Gasteiger partial charge in [0.1, 0.15) is 22.5 Å². The van der Waals surface area contributed by atoms with Crippen LogP contribution in [-0.2, 0) is 29.0 Å². The Morgan fingerprint density at radius 1 is 1.21 bits per heavy atom. The molecule has 0 radical (unpaired) electrons. The van der Waals surface area contributed by atoms with E-state index in [1.54, 1.807) is 23.6 Å². The number of rotatable bonds is 4. The maximum absolute atomic E-state index is 12.7. The zero-order valence-electron chi connectivity index (χ0n) is 18.4. The number of hydrogen-bond acceptors (Lipinski definition) is 9. The molecule has 1 saturated heterocycles. The number of nitrogens with two attached hydrogens (primary N) is 1. The van der Waals surface area contributed by atoms with Gasteiger partial charge >= 0.3 is 5.97 Å². The molecule has 0 saturated carbocycles. The summed E-state index contributed by atoms with van der Waals surface area (Å²) in [5.41, 5.74) is 8.16. The Balaban J connectivity index is 1.19. The van der Waals surface area contributed by atoms with E-state index in [1.165, 1.54) is 29.7 Å². The zero-order valence-corrected chi connectivity index (χ0v) is 19.2. The van der Waals surface area contributed by atoms with E-state index in [0.29, 0.717) is 30.0 Å². The number of ether oxygens (including phenoxy) is 1. The topological polar surface area (TPSA) is 118 Å². The van der Waals surface area contributed by atoms with Gasteiger partial charge in [-0.3, -0.25) is 4.79 Å². The van der Waals surface area contributed by atoms with Crippen molar-refractivity contribution in [2.24, 2.45) is 5.92 Å². The fourth-order valence-electron chi connectivity index (χ4n) is 4.71. The number of esters is 1. The highest BCUT2D eigenvalue weighted by atomic mass is 32.1. The molecule has 2 N–H and O–H groups in total. The van der Waals surface area contributed by atoms with Crippen LogP contribution in [0.3, 0.4) is 0 Å². The molecular formula is C24H26N6O2S. The van der Waals surface area contributed by atoms with Crippen LogP contribution >= 0.6 is 11.3 Å². The number of anilines is 2. The molecule has 1 aliphatic heterocycles. The molecule has 0 aromatic carbocycles. The summed E-state index contributed by atoms with van der Waals surface area (Å²) in [6, 6.07) is 5.68. The molecular weight excluding hydrogens is 436 g/mol. The van der Waals surface area contributed by atoms with E-state index in [1.807, 2.05) is 6.07 Å². The molecule has 3 aromatic rings. The monoisotopic (exact) mass is 462 g/mol. The number of nitrogens with zero attached hydrogens (tertiary/aromatic N) is 5. The number of fused-ring (bicyclic) bond motifs is 3. The molecule has 0 unspecified atom stereocenters. The molecule has 5 rings (SSSR count). The Morgan fingerprint density at radius 3 is 2.79 bits per heavy atom. The molecule has 33 heavy (non-hydrogen) atoms. The lowest BCUT2D eigenvalue weighted by molar-refractivity contribution is -0.150. The van der Waals surface area contributed by atoms with Gasteiger partial charge in [0, 0.05) is 24.2 Å². The SMILES string of the molecule is N#Cc1ccc(N2CCC(C(=O)OCc3nc(N)c4c5c(sc4n3)CCCCC5)CC2)nc1. The van der Waals surface area contributed by atoms with Crippen LogP contribution in [0.2, 0.25) is 0 Å². The minimum atomic E-state index is -0.216. The van der Waals surface area contributed by atoms with Crippen molar-refractivity contribution in [1.82, 2.24) is 15.0 Å². The number of aromatic nitrogens is 3. The first-order valence-corrected chi connectivity index (χ1v) is 12.3. The summed E-state index contributed by atoms with van der Waals surface area (Å²) in [7, 11) is 0. The van der Waals surface area contributed by atoms with Gasteiger partial charge in [-0.25, -0.2) is 15.0 Å². The van der Waals surface area contributed by atoms with Crippen molar-refractivity contribution in [2.45, 2.75) is 51.6 Å². The van der Waals surface area contributed by atoms with Crippen LogP contribution < -0.4 is 10.6 Å². The van der Waals surface area contributed by atoms with Gasteiger partial charge in [0.15, 0.2) is 12.4 Å².